The van der Waals surface area contributed by atoms with E-state index in [1.54, 1.807) is 0 Å². The van der Waals surface area contributed by atoms with Gasteiger partial charge in [-0.3, -0.25) is 0 Å². The van der Waals surface area contributed by atoms with Crippen molar-refractivity contribution in [1.29, 1.82) is 0 Å². The Bertz CT molecular complexity index is 1380. The highest BCUT2D eigenvalue weighted by atomic mass is 14.3. The molecule has 0 spiro atoms. The Morgan fingerprint density at radius 3 is 1.85 bits per heavy atom. The van der Waals surface area contributed by atoms with Crippen LogP contribution in [0.1, 0.15) is 19.4 Å². The van der Waals surface area contributed by atoms with Gasteiger partial charge in [0.15, 0.2) is 0 Å². The van der Waals surface area contributed by atoms with Gasteiger partial charge in [0.1, 0.15) is 0 Å². The lowest BCUT2D eigenvalue weighted by Crippen LogP contribution is -2.40. The first-order valence-electron chi connectivity index (χ1n) is 11.9. The standard InChI is InChI=1S/C34H32/c1-5-26(6-2)28(7-3)25(4)33-29-21-15-17-23-31(29)34(32-24-18-16-22-30(32)33)27-19-13-11-9-8-10-12-14-20-27/h5-24,29,31H,1,3H2,2,4H3/b9-8?,10-8?,11-9?,12-10?,13-11?,14-12?,19-13?,20-14?,26-6-,27-19?,27-20?,28-25+. The third-order valence-corrected chi connectivity index (χ3v) is 6.69. The van der Waals surface area contributed by atoms with Crippen LogP contribution in [-0.4, -0.2) is 0 Å². The maximum atomic E-state index is 4.14. The molecule has 0 heteroatoms. The lowest BCUT2D eigenvalue weighted by atomic mass is 9.69. The third kappa shape index (κ3) is 4.45. The molecule has 4 rings (SSSR count). The van der Waals surface area contributed by atoms with E-state index in [0.717, 1.165) is 11.1 Å². The highest BCUT2D eigenvalue weighted by Gasteiger charge is 2.32. The first kappa shape index (κ1) is 23.3. The molecule has 2 aliphatic rings. The molecule has 2 aromatic carbocycles. The van der Waals surface area contributed by atoms with Crippen LogP contribution in [-0.2, 0) is 0 Å². The largest absolute Gasteiger partial charge is 0.0985 e. The predicted molar refractivity (Wildman–Crippen MR) is 148 cm³/mol. The number of fused-ring (bicyclic) bond motifs is 2. The van der Waals surface area contributed by atoms with Crippen LogP contribution in [0.5, 0.6) is 0 Å². The van der Waals surface area contributed by atoms with E-state index in [-0.39, 0.29) is 11.8 Å². The molecule has 0 radical (unpaired) electrons. The first-order chi connectivity index (χ1) is 16.7. The molecule has 34 heavy (non-hydrogen) atoms. The van der Waals surface area contributed by atoms with Crippen molar-refractivity contribution in [2.75, 3.05) is 0 Å². The lowest BCUT2D eigenvalue weighted by molar-refractivity contribution is 0.684. The quantitative estimate of drug-likeness (QED) is 0.432. The number of hydrogen-bond donors (Lipinski definition) is 0. The normalized spacial score (nSPS) is 19.4. The molecule has 0 heterocycles. The second kappa shape index (κ2) is 10.8. The minimum absolute atomic E-state index is 0.247. The van der Waals surface area contributed by atoms with Gasteiger partial charge in [0.25, 0.3) is 0 Å². The van der Waals surface area contributed by atoms with Crippen LogP contribution in [0, 0.1) is 11.8 Å². The van der Waals surface area contributed by atoms with Gasteiger partial charge in [-0.15, -0.1) is 0 Å². The summed E-state index contributed by atoms with van der Waals surface area (Å²) in [5, 5.41) is 2.59. The van der Waals surface area contributed by atoms with Gasteiger partial charge in [0.2, 0.25) is 0 Å². The van der Waals surface area contributed by atoms with E-state index in [9.17, 15) is 0 Å². The summed E-state index contributed by atoms with van der Waals surface area (Å²) >= 11 is 0. The Morgan fingerprint density at radius 2 is 1.26 bits per heavy atom. The van der Waals surface area contributed by atoms with Crippen molar-refractivity contribution in [2.24, 2.45) is 11.8 Å². The van der Waals surface area contributed by atoms with Crippen LogP contribution in [0.2, 0.25) is 0 Å². The van der Waals surface area contributed by atoms with E-state index in [4.69, 9.17) is 0 Å². The van der Waals surface area contributed by atoms with Crippen molar-refractivity contribution in [3.05, 3.63) is 167 Å². The van der Waals surface area contributed by atoms with Crippen LogP contribution in [0.15, 0.2) is 151 Å². The van der Waals surface area contributed by atoms with Gasteiger partial charge in [-0.2, -0.15) is 0 Å². The minimum Gasteiger partial charge on any atom is -0.0985 e. The van der Waals surface area contributed by atoms with Crippen molar-refractivity contribution in [1.82, 2.24) is 0 Å². The molecule has 2 aromatic rings. The summed E-state index contributed by atoms with van der Waals surface area (Å²) < 4.78 is 0. The van der Waals surface area contributed by atoms with Gasteiger partial charge in [0.05, 0.1) is 0 Å². The van der Waals surface area contributed by atoms with E-state index < -0.39 is 0 Å². The predicted octanol–water partition coefficient (Wildman–Crippen LogP) is 7.17. The fourth-order valence-electron chi connectivity index (χ4n) is 5.16. The molecule has 168 valence electrons. The molecular formula is C34H32. The second-order valence-corrected chi connectivity index (χ2v) is 8.52. The Balaban J connectivity index is 2.16. The monoisotopic (exact) mass is 440 g/mol. The van der Waals surface area contributed by atoms with Crippen molar-refractivity contribution >= 4 is 11.1 Å². The van der Waals surface area contributed by atoms with Crippen LogP contribution >= 0.6 is 0 Å². The van der Waals surface area contributed by atoms with Gasteiger partial charge < -0.3 is 0 Å². The highest BCUT2D eigenvalue weighted by Crippen LogP contribution is 2.41. The smallest absolute Gasteiger partial charge is 0.0137 e. The Labute approximate surface area is 204 Å². The summed E-state index contributed by atoms with van der Waals surface area (Å²) in [6.45, 7) is 12.5. The summed E-state index contributed by atoms with van der Waals surface area (Å²) in [6.07, 6.45) is 15.1. The number of allylic oxidation sites excluding steroid dienone is 10. The van der Waals surface area contributed by atoms with Crippen molar-refractivity contribution in [3.63, 3.8) is 0 Å². The zero-order chi connectivity index (χ0) is 23.9. The Morgan fingerprint density at radius 1 is 0.706 bits per heavy atom. The number of benzene rings is 1. The molecule has 0 N–H and O–H groups in total. The molecular weight excluding hydrogens is 408 g/mol. The van der Waals surface area contributed by atoms with E-state index in [2.05, 4.69) is 130 Å². The molecule has 0 nitrogen and oxygen atoms in total. The van der Waals surface area contributed by atoms with Gasteiger partial charge in [0, 0.05) is 11.8 Å². The van der Waals surface area contributed by atoms with E-state index >= 15 is 0 Å². The second-order valence-electron chi connectivity index (χ2n) is 8.52. The van der Waals surface area contributed by atoms with Gasteiger partial charge in [-0.1, -0.05) is 135 Å². The van der Waals surface area contributed by atoms with Crippen LogP contribution in [0.25, 0.3) is 11.1 Å². The van der Waals surface area contributed by atoms with Gasteiger partial charge >= 0.3 is 0 Å². The summed E-state index contributed by atoms with van der Waals surface area (Å²) in [5.41, 5.74) is 7.49. The maximum Gasteiger partial charge on any atom is 0.0137 e. The molecule has 0 saturated heterocycles. The summed E-state index contributed by atoms with van der Waals surface area (Å²) in [6, 6.07) is 27.9. The number of rotatable bonds is 5. The highest BCUT2D eigenvalue weighted by molar-refractivity contribution is 5.81. The Kier molecular flexibility index (Phi) is 7.40. The topological polar surface area (TPSA) is 0 Å². The Hall–Kier alpha value is -3.90. The maximum absolute atomic E-state index is 4.14. The average molecular weight is 441 g/mol. The van der Waals surface area contributed by atoms with Crippen LogP contribution in [0.4, 0.5) is 0 Å². The van der Waals surface area contributed by atoms with Gasteiger partial charge in [-0.05, 0) is 57.7 Å². The molecule has 2 aliphatic carbocycles. The van der Waals surface area contributed by atoms with Crippen molar-refractivity contribution in [3.8, 4) is 0 Å². The van der Waals surface area contributed by atoms with E-state index in [0.29, 0.717) is 0 Å². The van der Waals surface area contributed by atoms with E-state index in [1.807, 2.05) is 18.2 Å². The van der Waals surface area contributed by atoms with Crippen molar-refractivity contribution < 1.29 is 0 Å². The van der Waals surface area contributed by atoms with Crippen molar-refractivity contribution in [2.45, 2.75) is 13.8 Å². The molecule has 0 amide bonds. The summed E-state index contributed by atoms with van der Waals surface area (Å²) in [7, 11) is 0. The van der Waals surface area contributed by atoms with Crippen LogP contribution < -0.4 is 10.4 Å². The summed E-state index contributed by atoms with van der Waals surface area (Å²) in [5.74, 6) is 0.498. The van der Waals surface area contributed by atoms with Crippen LogP contribution in [0.3, 0.4) is 0 Å². The fraction of sp³-hybridized carbons (Fsp3) is 0.118. The van der Waals surface area contributed by atoms with E-state index in [1.165, 1.54) is 32.7 Å². The fourth-order valence-corrected chi connectivity index (χ4v) is 5.16. The third-order valence-electron chi connectivity index (χ3n) is 6.69. The zero-order valence-corrected chi connectivity index (χ0v) is 20.1. The molecule has 0 aliphatic heterocycles. The summed E-state index contributed by atoms with van der Waals surface area (Å²) in [4.78, 5) is 0. The average Bonchev–Trinajstić information content (AvgIpc) is 2.88. The zero-order valence-electron chi connectivity index (χ0n) is 20.1. The first-order valence-corrected chi connectivity index (χ1v) is 11.9. The molecule has 0 fully saturated rings. The van der Waals surface area contributed by atoms with Gasteiger partial charge in [-0.25, -0.2) is 0 Å². The molecule has 2 atom stereocenters. The molecule has 0 aromatic heterocycles. The SMILES string of the molecule is C=CC(=C/C)/C(C=C)=C(\C)C1=c2ccccc2=C(c2ccccccccc2)C2C=CC=CC12. The molecule has 0 bridgehead atoms. The molecule has 2 unspecified atom stereocenters. The minimum atomic E-state index is 0.247. The number of hydrogen-bond acceptors (Lipinski definition) is 0. The lowest BCUT2D eigenvalue weighted by Gasteiger charge is -2.34. The molecule has 0 saturated carbocycles.